The number of rotatable bonds is 8. The molecule has 2 aromatic carbocycles. The van der Waals surface area contributed by atoms with Gasteiger partial charge in [0.15, 0.2) is 0 Å². The van der Waals surface area contributed by atoms with E-state index in [0.29, 0.717) is 42.8 Å². The lowest BCUT2D eigenvalue weighted by Crippen LogP contribution is -2.41. The Hall–Kier alpha value is -2.98. The van der Waals surface area contributed by atoms with E-state index in [4.69, 9.17) is 4.74 Å². The molecule has 0 spiro atoms. The van der Waals surface area contributed by atoms with Crippen molar-refractivity contribution in [2.75, 3.05) is 20.2 Å². The molecule has 3 aromatic rings. The number of hydrogen-bond acceptors (Lipinski definition) is 5. The Kier molecular flexibility index (Phi) is 8.50. The molecular formula is C24H27ClF3N3O4. The van der Waals surface area contributed by atoms with Crippen LogP contribution in [0.5, 0.6) is 11.5 Å². The third kappa shape index (κ3) is 6.79. The molecular weight excluding hydrogens is 487 g/mol. The highest BCUT2D eigenvalue weighted by Gasteiger charge is 2.34. The van der Waals surface area contributed by atoms with E-state index in [9.17, 15) is 23.1 Å². The summed E-state index contributed by atoms with van der Waals surface area (Å²) in [4.78, 5) is 21.5. The number of carboxylic acids is 1. The number of fused-ring (bicyclic) bond motifs is 1. The van der Waals surface area contributed by atoms with E-state index >= 15 is 0 Å². The maximum absolute atomic E-state index is 12.8. The van der Waals surface area contributed by atoms with Gasteiger partial charge in [-0.3, -0.25) is 9.69 Å². The van der Waals surface area contributed by atoms with Crippen LogP contribution in [0, 0.1) is 11.8 Å². The van der Waals surface area contributed by atoms with Crippen molar-refractivity contribution >= 4 is 29.4 Å². The Labute approximate surface area is 206 Å². The molecule has 2 atom stereocenters. The number of methoxy groups -OCH3 is 1. The number of aromatic amines is 1. The van der Waals surface area contributed by atoms with Gasteiger partial charge < -0.3 is 19.6 Å². The van der Waals surface area contributed by atoms with Gasteiger partial charge in [0.05, 0.1) is 12.6 Å². The first kappa shape index (κ1) is 26.6. The fourth-order valence-corrected chi connectivity index (χ4v) is 4.69. The fourth-order valence-electron chi connectivity index (χ4n) is 4.69. The number of piperidine rings is 1. The van der Waals surface area contributed by atoms with Crippen molar-refractivity contribution in [1.82, 2.24) is 14.9 Å². The summed E-state index contributed by atoms with van der Waals surface area (Å²) in [5.74, 6) is 0.191. The minimum Gasteiger partial charge on any atom is -0.494 e. The molecule has 2 heterocycles. The predicted molar refractivity (Wildman–Crippen MR) is 126 cm³/mol. The molecule has 0 radical (unpaired) electrons. The number of alkyl halides is 3. The van der Waals surface area contributed by atoms with E-state index in [1.807, 2.05) is 23.1 Å². The Morgan fingerprint density at radius 1 is 1.17 bits per heavy atom. The molecule has 1 aromatic heterocycles. The summed E-state index contributed by atoms with van der Waals surface area (Å²) >= 11 is 0. The monoisotopic (exact) mass is 513 g/mol. The Morgan fingerprint density at radius 2 is 1.91 bits per heavy atom. The van der Waals surface area contributed by atoms with Crippen molar-refractivity contribution in [3.05, 3.63) is 53.9 Å². The number of aliphatic carboxylic acids is 1. The van der Waals surface area contributed by atoms with E-state index in [-0.39, 0.29) is 43.0 Å². The van der Waals surface area contributed by atoms with Gasteiger partial charge >= 0.3 is 12.3 Å². The zero-order valence-corrected chi connectivity index (χ0v) is 19.9. The van der Waals surface area contributed by atoms with Crippen LogP contribution in [0.25, 0.3) is 11.0 Å². The van der Waals surface area contributed by atoms with Gasteiger partial charge in [-0.1, -0.05) is 24.3 Å². The predicted octanol–water partition coefficient (Wildman–Crippen LogP) is 5.05. The smallest absolute Gasteiger partial charge is 0.494 e. The van der Waals surface area contributed by atoms with Crippen LogP contribution in [0.4, 0.5) is 13.2 Å². The lowest BCUT2D eigenvalue weighted by atomic mass is 9.81. The number of halogens is 4. The van der Waals surface area contributed by atoms with Crippen LogP contribution in [-0.2, 0) is 17.8 Å². The zero-order valence-electron chi connectivity index (χ0n) is 19.0. The van der Waals surface area contributed by atoms with Gasteiger partial charge in [-0.05, 0) is 43.0 Å². The van der Waals surface area contributed by atoms with Gasteiger partial charge in [0.1, 0.15) is 22.8 Å². The first-order valence-electron chi connectivity index (χ1n) is 11.0. The second-order valence-corrected chi connectivity index (χ2v) is 8.54. The van der Waals surface area contributed by atoms with Crippen molar-refractivity contribution in [2.24, 2.45) is 11.8 Å². The second kappa shape index (κ2) is 11.2. The molecule has 1 fully saturated rings. The molecule has 1 aliphatic rings. The molecule has 1 aliphatic heterocycles. The van der Waals surface area contributed by atoms with Crippen LogP contribution >= 0.6 is 12.4 Å². The molecule has 4 rings (SSSR count). The minimum absolute atomic E-state index is 0. The zero-order chi connectivity index (χ0) is 24.3. The summed E-state index contributed by atoms with van der Waals surface area (Å²) in [5.41, 5.74) is 1.97. The molecule has 11 heteroatoms. The van der Waals surface area contributed by atoms with Gasteiger partial charge in [-0.25, -0.2) is 4.98 Å². The van der Waals surface area contributed by atoms with Crippen molar-refractivity contribution < 1.29 is 32.5 Å². The highest BCUT2D eigenvalue weighted by atomic mass is 35.5. The summed E-state index contributed by atoms with van der Waals surface area (Å²) in [7, 11) is 1.57. The number of ether oxygens (including phenoxy) is 2. The van der Waals surface area contributed by atoms with E-state index in [1.165, 1.54) is 12.1 Å². The molecule has 35 heavy (non-hydrogen) atoms. The minimum atomic E-state index is -4.77. The van der Waals surface area contributed by atoms with Crippen molar-refractivity contribution in [1.29, 1.82) is 0 Å². The van der Waals surface area contributed by atoms with Crippen molar-refractivity contribution in [3.63, 3.8) is 0 Å². The maximum Gasteiger partial charge on any atom is 0.573 e. The Morgan fingerprint density at radius 3 is 2.63 bits per heavy atom. The molecule has 1 saturated heterocycles. The van der Waals surface area contributed by atoms with E-state index < -0.39 is 12.3 Å². The van der Waals surface area contributed by atoms with Gasteiger partial charge in [-0.15, -0.1) is 25.6 Å². The highest BCUT2D eigenvalue weighted by Crippen LogP contribution is 2.33. The molecule has 2 N–H and O–H groups in total. The number of para-hydroxylation sites is 2. The summed E-state index contributed by atoms with van der Waals surface area (Å²) < 4.78 is 48.0. The molecule has 7 nitrogen and oxygen atoms in total. The number of benzene rings is 2. The quantitative estimate of drug-likeness (QED) is 0.438. The van der Waals surface area contributed by atoms with Gasteiger partial charge in [0.2, 0.25) is 0 Å². The number of imidazole rings is 1. The van der Waals surface area contributed by atoms with Crippen LogP contribution in [-0.4, -0.2) is 52.5 Å². The third-order valence-corrected chi connectivity index (χ3v) is 6.20. The molecule has 0 amide bonds. The van der Waals surface area contributed by atoms with Gasteiger partial charge in [-0.2, -0.15) is 0 Å². The average molecular weight is 514 g/mol. The summed E-state index contributed by atoms with van der Waals surface area (Å²) in [5, 5.41) is 9.40. The number of carboxylic acid groups (broad SMARTS) is 1. The topological polar surface area (TPSA) is 87.7 Å². The largest absolute Gasteiger partial charge is 0.573 e. The number of hydrogen-bond donors (Lipinski definition) is 2. The van der Waals surface area contributed by atoms with Crippen LogP contribution < -0.4 is 9.47 Å². The van der Waals surface area contributed by atoms with Crippen LogP contribution in [0.3, 0.4) is 0 Å². The van der Waals surface area contributed by atoms with Crippen LogP contribution in [0.1, 0.15) is 24.2 Å². The first-order valence-corrected chi connectivity index (χ1v) is 11.0. The van der Waals surface area contributed by atoms with Crippen LogP contribution in [0.15, 0.2) is 42.5 Å². The van der Waals surface area contributed by atoms with Gasteiger partial charge in [0, 0.05) is 31.5 Å². The van der Waals surface area contributed by atoms with E-state index in [1.54, 1.807) is 19.2 Å². The number of nitrogens with zero attached hydrogens (tertiary/aromatic N) is 2. The second-order valence-electron chi connectivity index (χ2n) is 8.54. The molecule has 0 bridgehead atoms. The number of aromatic nitrogens is 2. The highest BCUT2D eigenvalue weighted by molar-refractivity contribution is 5.85. The lowest BCUT2D eigenvalue weighted by Gasteiger charge is -2.38. The Bertz CT molecular complexity index is 1150. The van der Waals surface area contributed by atoms with E-state index in [0.717, 1.165) is 11.3 Å². The first-order chi connectivity index (χ1) is 16.2. The standard InChI is InChI=1S/C24H26F3N3O4.ClH/c1-33-20-8-4-6-18-23(20)29-21(28-18)11-17-14-30(10-9-15(17)12-22(31)32)13-16-5-2-3-7-19(16)34-24(25,26)27;/h2-8,15,17H,9-14H2,1H3,(H,28,29)(H,31,32);1H/t15-,17-;/m0./s1. The number of likely N-dealkylation sites (tertiary alicyclic amines) is 1. The number of H-pyrrole nitrogens is 1. The summed E-state index contributed by atoms with van der Waals surface area (Å²) in [6.07, 6.45) is -3.58. The molecule has 0 aliphatic carbocycles. The maximum atomic E-state index is 12.8. The lowest BCUT2D eigenvalue weighted by molar-refractivity contribution is -0.275. The van der Waals surface area contributed by atoms with Crippen LogP contribution in [0.2, 0.25) is 0 Å². The molecule has 190 valence electrons. The third-order valence-electron chi connectivity index (χ3n) is 6.20. The summed E-state index contributed by atoms with van der Waals surface area (Å²) in [6.45, 7) is 1.39. The summed E-state index contributed by atoms with van der Waals surface area (Å²) in [6, 6.07) is 11.7. The fraction of sp³-hybridized carbons (Fsp3) is 0.417. The van der Waals surface area contributed by atoms with Crippen molar-refractivity contribution in [2.45, 2.75) is 32.2 Å². The van der Waals surface area contributed by atoms with Gasteiger partial charge in [0.25, 0.3) is 0 Å². The van der Waals surface area contributed by atoms with Crippen molar-refractivity contribution in [3.8, 4) is 11.5 Å². The normalized spacial score (nSPS) is 18.7. The SMILES string of the molecule is COc1cccc2[nH]c(C[C@H]3CN(Cc4ccccc4OC(F)(F)F)CC[C@H]3CC(=O)O)nc12.Cl. The van der Waals surface area contributed by atoms with E-state index in [2.05, 4.69) is 14.7 Å². The number of carbonyl (C=O) groups is 1. The molecule has 0 saturated carbocycles. The number of nitrogens with one attached hydrogen (secondary N) is 1. The average Bonchev–Trinajstić information content (AvgIpc) is 3.18. The molecule has 0 unspecified atom stereocenters. The Balaban J connectivity index is 0.00000342.